The van der Waals surface area contributed by atoms with Crippen LogP contribution in [0.2, 0.25) is 0 Å². The molecule has 0 unspecified atom stereocenters. The van der Waals surface area contributed by atoms with Gasteiger partial charge in [-0.1, -0.05) is 0 Å². The molecule has 1 aromatic carbocycles. The Hall–Kier alpha value is -1.52. The Balaban J connectivity index is 2.58. The first-order valence-electron chi connectivity index (χ1n) is 5.48. The van der Waals surface area contributed by atoms with E-state index >= 15 is 0 Å². The smallest absolute Gasteiger partial charge is 0.224 e. The molecule has 0 N–H and O–H groups in total. The second-order valence-corrected chi connectivity index (χ2v) is 6.55. The molecule has 18 heavy (non-hydrogen) atoms. The fourth-order valence-corrected chi connectivity index (χ4v) is 2.78. The van der Waals surface area contributed by atoms with Crippen LogP contribution in [0, 0.1) is 5.82 Å². The normalized spacial score (nSPS) is 17.7. The van der Waals surface area contributed by atoms with E-state index in [9.17, 15) is 17.6 Å². The maximum Gasteiger partial charge on any atom is 0.235 e. The molecular formula is C12H12FNO3S. The van der Waals surface area contributed by atoms with Crippen LogP contribution < -0.4 is 0 Å². The number of rotatable bonds is 3. The number of nitrogens with zero attached hydrogens (tertiary/aromatic N) is 1. The molecule has 0 spiro atoms. The van der Waals surface area contributed by atoms with E-state index in [0.29, 0.717) is 18.4 Å². The Kier molecular flexibility index (Phi) is 3.09. The van der Waals surface area contributed by atoms with E-state index in [-0.39, 0.29) is 4.90 Å². The molecule has 0 aliphatic heterocycles. The third-order valence-corrected chi connectivity index (χ3v) is 4.37. The summed E-state index contributed by atoms with van der Waals surface area (Å²) in [5.41, 5.74) is -0.360. The van der Waals surface area contributed by atoms with Gasteiger partial charge in [0.15, 0.2) is 9.84 Å². The summed E-state index contributed by atoms with van der Waals surface area (Å²) in [7, 11) is -3.49. The summed E-state index contributed by atoms with van der Waals surface area (Å²) in [6.07, 6.45) is 4.59. The highest BCUT2D eigenvalue weighted by Crippen LogP contribution is 2.45. The molecule has 1 saturated carbocycles. The van der Waals surface area contributed by atoms with Gasteiger partial charge in [0.05, 0.1) is 10.4 Å². The zero-order valence-corrected chi connectivity index (χ0v) is 10.6. The van der Waals surface area contributed by atoms with Crippen molar-refractivity contribution in [1.82, 2.24) is 0 Å². The number of benzene rings is 1. The number of aliphatic imine (C=N–C) groups is 1. The van der Waals surface area contributed by atoms with Crippen LogP contribution in [0.4, 0.5) is 4.39 Å². The molecule has 0 heterocycles. The first-order chi connectivity index (χ1) is 8.37. The summed E-state index contributed by atoms with van der Waals surface area (Å²) < 4.78 is 36.4. The molecule has 0 aromatic heterocycles. The molecule has 1 aliphatic carbocycles. The van der Waals surface area contributed by atoms with Gasteiger partial charge >= 0.3 is 0 Å². The van der Waals surface area contributed by atoms with Crippen molar-refractivity contribution in [3.05, 3.63) is 29.6 Å². The lowest BCUT2D eigenvalue weighted by molar-refractivity contribution is 0.254. The molecule has 0 saturated heterocycles. The van der Waals surface area contributed by atoms with Crippen LogP contribution in [-0.2, 0) is 20.2 Å². The second-order valence-electron chi connectivity index (χ2n) is 4.54. The van der Waals surface area contributed by atoms with Gasteiger partial charge in [-0.05, 0) is 43.0 Å². The number of carbonyl (C=O) groups excluding carboxylic acids is 1. The zero-order valence-electron chi connectivity index (χ0n) is 9.81. The largest absolute Gasteiger partial charge is 0.235 e. The van der Waals surface area contributed by atoms with Crippen molar-refractivity contribution in [2.24, 2.45) is 4.99 Å². The summed E-state index contributed by atoms with van der Waals surface area (Å²) in [5.74, 6) is -0.639. The van der Waals surface area contributed by atoms with Gasteiger partial charge in [-0.25, -0.2) is 17.6 Å². The number of hydrogen-bond acceptors (Lipinski definition) is 4. The molecule has 0 radical (unpaired) electrons. The van der Waals surface area contributed by atoms with Crippen molar-refractivity contribution in [2.45, 2.75) is 29.7 Å². The minimum absolute atomic E-state index is 0.0927. The van der Waals surface area contributed by atoms with Crippen LogP contribution in [0.3, 0.4) is 0 Å². The van der Waals surface area contributed by atoms with E-state index in [1.165, 1.54) is 18.2 Å². The van der Waals surface area contributed by atoms with E-state index in [4.69, 9.17) is 0 Å². The minimum atomic E-state index is -3.49. The van der Waals surface area contributed by atoms with Gasteiger partial charge in [-0.15, -0.1) is 0 Å². The summed E-state index contributed by atoms with van der Waals surface area (Å²) in [5, 5.41) is 0. The van der Waals surface area contributed by atoms with Gasteiger partial charge in [0.2, 0.25) is 6.08 Å². The molecule has 4 nitrogen and oxygen atoms in total. The number of isocyanates is 1. The molecular weight excluding hydrogens is 257 g/mol. The van der Waals surface area contributed by atoms with E-state index < -0.39 is 21.2 Å². The van der Waals surface area contributed by atoms with Crippen molar-refractivity contribution in [2.75, 3.05) is 6.26 Å². The number of sulfone groups is 1. The molecule has 0 amide bonds. The third kappa shape index (κ3) is 2.21. The van der Waals surface area contributed by atoms with Crippen LogP contribution in [0.25, 0.3) is 0 Å². The van der Waals surface area contributed by atoms with E-state index in [0.717, 1.165) is 18.7 Å². The van der Waals surface area contributed by atoms with Crippen LogP contribution in [-0.4, -0.2) is 20.8 Å². The van der Waals surface area contributed by atoms with Crippen molar-refractivity contribution in [1.29, 1.82) is 0 Å². The Morgan fingerprint density at radius 1 is 1.33 bits per heavy atom. The monoisotopic (exact) mass is 269 g/mol. The molecule has 0 bridgehead atoms. The fraction of sp³-hybridized carbons (Fsp3) is 0.417. The van der Waals surface area contributed by atoms with Gasteiger partial charge in [-0.3, -0.25) is 0 Å². The van der Waals surface area contributed by atoms with Gasteiger partial charge in [-0.2, -0.15) is 4.99 Å². The highest BCUT2D eigenvalue weighted by atomic mass is 32.2. The first-order valence-corrected chi connectivity index (χ1v) is 7.37. The van der Waals surface area contributed by atoms with Crippen molar-refractivity contribution < 1.29 is 17.6 Å². The van der Waals surface area contributed by atoms with Crippen LogP contribution in [0.1, 0.15) is 24.8 Å². The van der Waals surface area contributed by atoms with Gasteiger partial charge in [0, 0.05) is 6.26 Å². The summed E-state index contributed by atoms with van der Waals surface area (Å²) in [4.78, 5) is 14.1. The maximum atomic E-state index is 13.5. The van der Waals surface area contributed by atoms with Crippen LogP contribution in [0.5, 0.6) is 0 Å². The van der Waals surface area contributed by atoms with Crippen LogP contribution >= 0.6 is 0 Å². The maximum absolute atomic E-state index is 13.5. The molecule has 1 fully saturated rings. The van der Waals surface area contributed by atoms with E-state index in [1.54, 1.807) is 0 Å². The summed E-state index contributed by atoms with van der Waals surface area (Å²) in [6.45, 7) is 0. The predicted octanol–water partition coefficient (Wildman–Crippen LogP) is 1.94. The second kappa shape index (κ2) is 4.30. The Bertz CT molecular complexity index is 629. The average Bonchev–Trinajstić information content (AvgIpc) is 2.21. The summed E-state index contributed by atoms with van der Waals surface area (Å²) >= 11 is 0. The molecule has 1 aromatic rings. The topological polar surface area (TPSA) is 63.6 Å². The Morgan fingerprint density at radius 3 is 2.44 bits per heavy atom. The lowest BCUT2D eigenvalue weighted by atomic mass is 9.72. The summed E-state index contributed by atoms with van der Waals surface area (Å²) in [6, 6.07) is 3.59. The quantitative estimate of drug-likeness (QED) is 0.622. The van der Waals surface area contributed by atoms with Crippen molar-refractivity contribution >= 4 is 15.9 Å². The SMILES string of the molecule is CS(=O)(=O)c1cc(F)cc(C2(N=C=O)CCC2)c1. The first kappa shape index (κ1) is 12.9. The minimum Gasteiger partial charge on any atom is -0.224 e. The van der Waals surface area contributed by atoms with Gasteiger partial charge in [0.25, 0.3) is 0 Å². The molecule has 6 heteroatoms. The predicted molar refractivity (Wildman–Crippen MR) is 63.2 cm³/mol. The number of halogens is 1. The lowest BCUT2D eigenvalue weighted by Crippen LogP contribution is -2.32. The fourth-order valence-electron chi connectivity index (χ4n) is 2.11. The standard InChI is InChI=1S/C12H12FNO3S/c1-18(16,17)11-6-9(5-10(13)7-11)12(14-8-15)3-2-4-12/h5-7H,2-4H2,1H3. The van der Waals surface area contributed by atoms with Gasteiger partial charge < -0.3 is 0 Å². The molecule has 0 atom stereocenters. The number of hydrogen-bond donors (Lipinski definition) is 0. The van der Waals surface area contributed by atoms with E-state index in [1.807, 2.05) is 0 Å². The highest BCUT2D eigenvalue weighted by molar-refractivity contribution is 7.90. The molecule has 1 aliphatic rings. The van der Waals surface area contributed by atoms with Crippen LogP contribution in [0.15, 0.2) is 28.1 Å². The van der Waals surface area contributed by atoms with Gasteiger partial charge in [0.1, 0.15) is 5.82 Å². The zero-order chi connectivity index (χ0) is 13.4. The third-order valence-electron chi connectivity index (χ3n) is 3.28. The average molecular weight is 269 g/mol. The molecule has 96 valence electrons. The highest BCUT2D eigenvalue weighted by Gasteiger charge is 2.39. The van der Waals surface area contributed by atoms with E-state index in [2.05, 4.69) is 4.99 Å². The van der Waals surface area contributed by atoms with Crippen molar-refractivity contribution in [3.8, 4) is 0 Å². The van der Waals surface area contributed by atoms with Crippen molar-refractivity contribution in [3.63, 3.8) is 0 Å². The molecule has 2 rings (SSSR count). The Labute approximate surface area is 104 Å². The lowest BCUT2D eigenvalue weighted by Gasteiger charge is -2.37. The Morgan fingerprint density at radius 2 is 2.00 bits per heavy atom.